The fourth-order valence-corrected chi connectivity index (χ4v) is 5.13. The van der Waals surface area contributed by atoms with E-state index in [0.717, 1.165) is 25.0 Å². The van der Waals surface area contributed by atoms with Crippen molar-refractivity contribution in [2.24, 2.45) is 4.99 Å². The van der Waals surface area contributed by atoms with Crippen molar-refractivity contribution in [2.45, 2.75) is 58.3 Å². The van der Waals surface area contributed by atoms with Crippen molar-refractivity contribution in [1.29, 1.82) is 0 Å². The van der Waals surface area contributed by atoms with Crippen molar-refractivity contribution < 1.29 is 22.8 Å². The zero-order chi connectivity index (χ0) is 24.6. The molecule has 2 amide bonds. The van der Waals surface area contributed by atoms with Crippen LogP contribution in [0.4, 0.5) is 13.2 Å². The van der Waals surface area contributed by atoms with Crippen molar-refractivity contribution in [3.8, 4) is 0 Å². The van der Waals surface area contributed by atoms with Crippen molar-refractivity contribution in [2.75, 3.05) is 13.1 Å². The normalized spacial score (nSPS) is 20.1. The molecule has 3 aliphatic rings. The van der Waals surface area contributed by atoms with Gasteiger partial charge in [-0.05, 0) is 56.7 Å². The quantitative estimate of drug-likeness (QED) is 0.593. The molecule has 1 atom stereocenters. The van der Waals surface area contributed by atoms with Gasteiger partial charge in [-0.1, -0.05) is 23.9 Å². The molecular weight excluding hydrogens is 465 g/mol. The van der Waals surface area contributed by atoms with Gasteiger partial charge in [0.25, 0.3) is 5.91 Å². The maximum Gasteiger partial charge on any atom is 0.416 e. The summed E-state index contributed by atoms with van der Waals surface area (Å²) >= 11 is 1.35. The molecule has 34 heavy (non-hydrogen) atoms. The molecule has 0 aromatic heterocycles. The molecular formula is C24H27F3N4O2S. The molecule has 1 aromatic rings. The van der Waals surface area contributed by atoms with Crippen LogP contribution < -0.4 is 5.32 Å². The Morgan fingerprint density at radius 2 is 1.82 bits per heavy atom. The number of nitrogens with zero attached hydrogens (tertiary/aromatic N) is 3. The third kappa shape index (κ3) is 4.87. The summed E-state index contributed by atoms with van der Waals surface area (Å²) in [5, 5.41) is 5.40. The van der Waals surface area contributed by atoms with E-state index >= 15 is 0 Å². The van der Waals surface area contributed by atoms with Gasteiger partial charge in [-0.25, -0.2) is 4.99 Å². The molecule has 0 saturated heterocycles. The lowest BCUT2D eigenvalue weighted by molar-refractivity contribution is -0.137. The van der Waals surface area contributed by atoms with Crippen LogP contribution in [0.2, 0.25) is 0 Å². The van der Waals surface area contributed by atoms with Crippen LogP contribution in [0.25, 0.3) is 0 Å². The number of hydrogen-bond acceptors (Lipinski definition) is 5. The van der Waals surface area contributed by atoms with Crippen LogP contribution in [0, 0.1) is 0 Å². The van der Waals surface area contributed by atoms with E-state index in [1.807, 2.05) is 24.2 Å². The Morgan fingerprint density at radius 1 is 1.18 bits per heavy atom. The lowest BCUT2D eigenvalue weighted by Crippen LogP contribution is -2.42. The van der Waals surface area contributed by atoms with E-state index in [2.05, 4.69) is 10.3 Å². The Morgan fingerprint density at radius 3 is 2.38 bits per heavy atom. The monoisotopic (exact) mass is 492 g/mol. The minimum Gasteiger partial charge on any atom is -0.353 e. The van der Waals surface area contributed by atoms with Gasteiger partial charge >= 0.3 is 6.18 Å². The fourth-order valence-electron chi connectivity index (χ4n) is 4.16. The van der Waals surface area contributed by atoms with E-state index in [1.54, 1.807) is 11.8 Å². The smallest absolute Gasteiger partial charge is 0.353 e. The van der Waals surface area contributed by atoms with E-state index in [0.29, 0.717) is 40.8 Å². The number of fused-ring (bicyclic) bond motifs is 1. The van der Waals surface area contributed by atoms with Gasteiger partial charge in [0.05, 0.1) is 29.3 Å². The number of rotatable bonds is 7. The Hall–Kier alpha value is -2.75. The number of alkyl halides is 3. The lowest BCUT2D eigenvalue weighted by atomic mass is 9.92. The van der Waals surface area contributed by atoms with Crippen molar-refractivity contribution in [1.82, 2.24) is 15.1 Å². The molecule has 2 heterocycles. The average molecular weight is 493 g/mol. The van der Waals surface area contributed by atoms with Gasteiger partial charge in [-0.3, -0.25) is 9.59 Å². The SMILES string of the molecule is CCN(CC)C(=O)C1=C(C)N=C2SC=C(CC(=O)NC3CC3)N2[C@H]1c1ccc(C(F)(F)F)cc1. The molecule has 0 spiro atoms. The molecule has 0 radical (unpaired) electrons. The van der Waals surface area contributed by atoms with Crippen LogP contribution >= 0.6 is 11.8 Å². The standard InChI is InChI=1S/C24H27F3N4O2S/c1-4-30(5-2)22(33)20-14(3)28-23-31(18(13-34-23)12-19(32)29-17-10-11-17)21(20)15-6-8-16(9-7-15)24(25,26)27/h6-9,13,17,21H,4-5,10-12H2,1-3H3,(H,29,32)/t21-/m0/s1. The van der Waals surface area contributed by atoms with Gasteiger partial charge in [-0.15, -0.1) is 0 Å². The van der Waals surface area contributed by atoms with E-state index in [9.17, 15) is 22.8 Å². The molecule has 1 aromatic carbocycles. The minimum absolute atomic E-state index is 0.103. The summed E-state index contributed by atoms with van der Waals surface area (Å²) in [6.45, 7) is 6.48. The van der Waals surface area contributed by atoms with Crippen LogP contribution in [0.1, 0.15) is 57.2 Å². The van der Waals surface area contributed by atoms with Gasteiger partial charge in [0.15, 0.2) is 5.17 Å². The van der Waals surface area contributed by atoms with Crippen LogP contribution in [-0.2, 0) is 15.8 Å². The van der Waals surface area contributed by atoms with Gasteiger partial charge in [-0.2, -0.15) is 13.2 Å². The zero-order valence-electron chi connectivity index (χ0n) is 19.3. The molecule has 6 nitrogen and oxygen atoms in total. The number of thioether (sulfide) groups is 1. The number of aliphatic imine (C=N–C) groups is 1. The molecule has 4 rings (SSSR count). The number of carbonyl (C=O) groups excluding carboxylic acids is 2. The van der Waals surface area contributed by atoms with E-state index in [-0.39, 0.29) is 24.3 Å². The first kappa shape index (κ1) is 24.4. The number of carbonyl (C=O) groups is 2. The summed E-state index contributed by atoms with van der Waals surface area (Å²) in [7, 11) is 0. The number of likely N-dealkylation sites (N-methyl/N-ethyl adjacent to an activating group) is 1. The van der Waals surface area contributed by atoms with Crippen LogP contribution in [0.5, 0.6) is 0 Å². The Labute approximate surface area is 201 Å². The Balaban J connectivity index is 1.74. The first-order valence-electron chi connectivity index (χ1n) is 11.3. The Bertz CT molecular complexity index is 1070. The third-order valence-electron chi connectivity index (χ3n) is 6.12. The zero-order valence-corrected chi connectivity index (χ0v) is 20.1. The number of amidine groups is 1. The second-order valence-corrected chi connectivity index (χ2v) is 9.35. The number of benzene rings is 1. The maximum absolute atomic E-state index is 13.5. The number of amides is 2. The molecule has 1 aliphatic carbocycles. The third-order valence-corrected chi connectivity index (χ3v) is 7.01. The van der Waals surface area contributed by atoms with E-state index < -0.39 is 17.8 Å². The first-order chi connectivity index (χ1) is 16.1. The summed E-state index contributed by atoms with van der Waals surface area (Å²) in [5.41, 5.74) is 1.38. The summed E-state index contributed by atoms with van der Waals surface area (Å²) in [6.07, 6.45) is -2.42. The average Bonchev–Trinajstić information content (AvgIpc) is 3.52. The summed E-state index contributed by atoms with van der Waals surface area (Å²) in [4.78, 5) is 34.2. The summed E-state index contributed by atoms with van der Waals surface area (Å²) in [5.74, 6) is -0.335. The number of halogens is 3. The molecule has 1 saturated carbocycles. The predicted octanol–water partition coefficient (Wildman–Crippen LogP) is 4.82. The molecule has 10 heteroatoms. The van der Waals surface area contributed by atoms with Crippen molar-refractivity contribution >= 4 is 28.7 Å². The molecule has 1 N–H and O–H groups in total. The topological polar surface area (TPSA) is 65.0 Å². The maximum atomic E-state index is 13.5. The predicted molar refractivity (Wildman–Crippen MR) is 126 cm³/mol. The molecule has 182 valence electrons. The highest BCUT2D eigenvalue weighted by Gasteiger charge is 2.42. The van der Waals surface area contributed by atoms with E-state index in [4.69, 9.17) is 0 Å². The van der Waals surface area contributed by atoms with Gasteiger partial charge < -0.3 is 15.1 Å². The van der Waals surface area contributed by atoms with Gasteiger partial charge in [0.2, 0.25) is 5.91 Å². The molecule has 1 fully saturated rings. The van der Waals surface area contributed by atoms with Crippen LogP contribution in [0.15, 0.2) is 51.6 Å². The van der Waals surface area contributed by atoms with Crippen molar-refractivity contribution in [3.05, 3.63) is 57.8 Å². The van der Waals surface area contributed by atoms with Gasteiger partial charge in [0.1, 0.15) is 0 Å². The lowest BCUT2D eigenvalue weighted by Gasteiger charge is -2.38. The highest BCUT2D eigenvalue weighted by atomic mass is 32.2. The summed E-state index contributed by atoms with van der Waals surface area (Å²) < 4.78 is 39.6. The van der Waals surface area contributed by atoms with Crippen LogP contribution in [0.3, 0.4) is 0 Å². The second-order valence-electron chi connectivity index (χ2n) is 8.51. The number of hydrogen-bond donors (Lipinski definition) is 1. The highest BCUT2D eigenvalue weighted by molar-refractivity contribution is 8.16. The fraction of sp³-hybridized carbons (Fsp3) is 0.458. The number of allylic oxidation sites excluding steroid dienone is 1. The largest absolute Gasteiger partial charge is 0.416 e. The molecule has 0 bridgehead atoms. The first-order valence-corrected chi connectivity index (χ1v) is 12.2. The Kier molecular flexibility index (Phi) is 6.80. The molecule has 0 unspecified atom stereocenters. The number of nitrogens with one attached hydrogen (secondary N) is 1. The second kappa shape index (κ2) is 9.48. The minimum atomic E-state index is -4.46. The van der Waals surface area contributed by atoms with Gasteiger partial charge in [0, 0.05) is 24.8 Å². The highest BCUT2D eigenvalue weighted by Crippen LogP contribution is 2.45. The molecule has 2 aliphatic heterocycles. The summed E-state index contributed by atoms with van der Waals surface area (Å²) in [6, 6.07) is 4.40. The van der Waals surface area contributed by atoms with Crippen molar-refractivity contribution in [3.63, 3.8) is 0 Å². The van der Waals surface area contributed by atoms with Crippen LogP contribution in [-0.4, -0.2) is 45.9 Å². The van der Waals surface area contributed by atoms with E-state index in [1.165, 1.54) is 23.9 Å².